The number of benzene rings is 1. The number of nitrogens with one attached hydrogen (secondary N) is 1. The molecule has 1 aromatic carbocycles. The molecule has 0 spiro atoms. The molecule has 4 atom stereocenters. The molecular formula is C25H29N3O10. The molecule has 38 heavy (non-hydrogen) atoms. The first-order chi connectivity index (χ1) is 17.9. The number of hydrogen-bond acceptors (Lipinski definition) is 12. The maximum Gasteiger partial charge on any atom is 0.333 e. The van der Waals surface area contributed by atoms with Crippen LogP contribution in [0.15, 0.2) is 34.8 Å². The number of Topliss-reactive ketones (excluding diaryl/α,β-unsaturated/α-hetero) is 2. The number of esters is 1. The number of hydrogen-bond donors (Lipinski definition) is 6. The van der Waals surface area contributed by atoms with Crippen molar-refractivity contribution < 1.29 is 49.2 Å². The third-order valence-corrected chi connectivity index (χ3v) is 7.49. The lowest BCUT2D eigenvalue weighted by Crippen LogP contribution is -2.63. The number of rotatable bonds is 7. The van der Waals surface area contributed by atoms with E-state index in [0.717, 1.165) is 0 Å². The fraction of sp³-hybridized carbons (Fsp3) is 0.440. The summed E-state index contributed by atoms with van der Waals surface area (Å²) in [5.41, 5.74) is 5.04. The molecule has 7 N–H and O–H groups in total. The van der Waals surface area contributed by atoms with Gasteiger partial charge in [0, 0.05) is 18.0 Å². The first-order valence-electron chi connectivity index (χ1n) is 11.8. The van der Waals surface area contributed by atoms with Gasteiger partial charge in [0.2, 0.25) is 5.78 Å². The van der Waals surface area contributed by atoms with Crippen molar-refractivity contribution in [3.05, 3.63) is 51.5 Å². The maximum absolute atomic E-state index is 13.6. The number of nitrogens with zero attached hydrogens (tertiary/aromatic N) is 1. The second-order valence-corrected chi connectivity index (χ2v) is 9.75. The number of ketones is 2. The number of amides is 1. The number of methoxy groups -OCH3 is 1. The number of nitrogens with two attached hydrogens (primary N) is 1. The van der Waals surface area contributed by atoms with Crippen molar-refractivity contribution in [2.24, 2.45) is 17.6 Å². The largest absolute Gasteiger partial charge is 0.510 e. The highest BCUT2D eigenvalue weighted by atomic mass is 16.7. The van der Waals surface area contributed by atoms with Crippen LogP contribution in [0.1, 0.15) is 27.9 Å². The van der Waals surface area contributed by atoms with Crippen LogP contribution in [0.3, 0.4) is 0 Å². The van der Waals surface area contributed by atoms with Gasteiger partial charge >= 0.3 is 5.97 Å². The third-order valence-electron chi connectivity index (χ3n) is 7.49. The number of ether oxygens (including phenoxy) is 1. The van der Waals surface area contributed by atoms with Gasteiger partial charge in [-0.2, -0.15) is 5.48 Å². The predicted octanol–water partition coefficient (Wildman–Crippen LogP) is -0.685. The number of phenols is 1. The number of aromatic hydroxyl groups is 1. The Morgan fingerprint density at radius 2 is 1.89 bits per heavy atom. The Morgan fingerprint density at radius 3 is 2.50 bits per heavy atom. The molecule has 0 bridgehead atoms. The van der Waals surface area contributed by atoms with Crippen LogP contribution in [0.2, 0.25) is 0 Å². The smallest absolute Gasteiger partial charge is 0.333 e. The summed E-state index contributed by atoms with van der Waals surface area (Å²) >= 11 is 0. The second kappa shape index (κ2) is 9.83. The molecule has 0 fully saturated rings. The molecule has 0 heterocycles. The Kier molecular flexibility index (Phi) is 7.05. The molecule has 0 aromatic heterocycles. The van der Waals surface area contributed by atoms with Crippen LogP contribution in [0, 0.1) is 11.8 Å². The van der Waals surface area contributed by atoms with E-state index >= 15 is 0 Å². The Bertz CT molecular complexity index is 1300. The van der Waals surface area contributed by atoms with Crippen molar-refractivity contribution >= 4 is 23.4 Å². The maximum atomic E-state index is 13.6. The van der Waals surface area contributed by atoms with E-state index in [1.165, 1.54) is 18.1 Å². The first-order valence-corrected chi connectivity index (χ1v) is 11.8. The summed E-state index contributed by atoms with van der Waals surface area (Å²) in [5, 5.41) is 44.2. The molecule has 0 saturated carbocycles. The van der Waals surface area contributed by atoms with Gasteiger partial charge in [-0.15, -0.1) is 0 Å². The number of aliphatic hydroxyl groups is 3. The summed E-state index contributed by atoms with van der Waals surface area (Å²) in [6.07, 6.45) is 0.115. The number of fused-ring (bicyclic) bond motifs is 3. The Balaban J connectivity index is 1.79. The summed E-state index contributed by atoms with van der Waals surface area (Å²) in [6.45, 7) is -0.300. The quantitative estimate of drug-likeness (QED) is 0.112. The molecule has 13 nitrogen and oxygen atoms in total. The van der Waals surface area contributed by atoms with Crippen LogP contribution in [-0.4, -0.2) is 88.2 Å². The summed E-state index contributed by atoms with van der Waals surface area (Å²) in [6, 6.07) is 1.79. The van der Waals surface area contributed by atoms with Crippen LogP contribution in [0.4, 0.5) is 0 Å². The van der Waals surface area contributed by atoms with Crippen LogP contribution in [-0.2, 0) is 36.9 Å². The first kappa shape index (κ1) is 27.3. The van der Waals surface area contributed by atoms with Crippen molar-refractivity contribution in [3.63, 3.8) is 0 Å². The van der Waals surface area contributed by atoms with Gasteiger partial charge in [-0.05, 0) is 50.0 Å². The molecule has 13 heteroatoms. The molecule has 3 aliphatic rings. The number of aliphatic hydroxyl groups excluding tert-OH is 2. The standard InChI is InChI=1S/C25H29N3O10/c1-28(2)19-13-7-11-6-12-10(8-27-38-9-15(30)37-3)4-5-14(29)17(12)20(31)16(11)22(33)25(13,36)23(34)18(21(19)32)24(26)35/h4-5,11,13,19,27,29,32-33,36H,6-9H2,1-3H3,(H2,26,35)/t11-,13-,19-,25-/m0/s1. The minimum Gasteiger partial charge on any atom is -0.510 e. The lowest BCUT2D eigenvalue weighted by molar-refractivity contribution is -0.149. The number of carbonyl (C=O) groups is 4. The SMILES string of the molecule is COC(=O)CONCc1ccc(O)c2c1C[C@H]1C[C@H]3[C@H](N(C)C)C(O)=C(C(N)=O)C(=O)[C@@]3(O)C(O)=C1C2=O. The topological polar surface area (TPSA) is 209 Å². The Hall–Kier alpha value is -3.78. The molecule has 1 aromatic rings. The van der Waals surface area contributed by atoms with Gasteiger partial charge in [-0.1, -0.05) is 6.07 Å². The van der Waals surface area contributed by atoms with E-state index in [0.29, 0.717) is 11.1 Å². The normalized spacial score (nSPS) is 26.7. The van der Waals surface area contributed by atoms with E-state index in [2.05, 4.69) is 10.2 Å². The number of likely N-dealkylation sites (N-methyl/N-ethyl adjacent to an activating group) is 1. The molecule has 3 aliphatic carbocycles. The zero-order valence-corrected chi connectivity index (χ0v) is 21.0. The monoisotopic (exact) mass is 531 g/mol. The van der Waals surface area contributed by atoms with Crippen LogP contribution in [0.25, 0.3) is 0 Å². The number of allylic oxidation sites excluding steroid dienone is 1. The van der Waals surface area contributed by atoms with Gasteiger partial charge in [0.1, 0.15) is 22.8 Å². The van der Waals surface area contributed by atoms with Crippen LogP contribution >= 0.6 is 0 Å². The fourth-order valence-electron chi connectivity index (χ4n) is 5.78. The van der Waals surface area contributed by atoms with Crippen molar-refractivity contribution in [1.82, 2.24) is 10.4 Å². The molecule has 0 radical (unpaired) electrons. The van der Waals surface area contributed by atoms with Gasteiger partial charge in [0.15, 0.2) is 18.0 Å². The van der Waals surface area contributed by atoms with Crippen molar-refractivity contribution in [2.75, 3.05) is 27.8 Å². The van der Waals surface area contributed by atoms with Gasteiger partial charge in [0.05, 0.1) is 18.7 Å². The van der Waals surface area contributed by atoms with Crippen LogP contribution in [0.5, 0.6) is 5.75 Å². The van der Waals surface area contributed by atoms with Crippen molar-refractivity contribution in [1.29, 1.82) is 0 Å². The summed E-state index contributed by atoms with van der Waals surface area (Å²) in [5.74, 6) is -7.71. The minimum absolute atomic E-state index is 0.0207. The summed E-state index contributed by atoms with van der Waals surface area (Å²) in [4.78, 5) is 56.8. The lowest BCUT2D eigenvalue weighted by Gasteiger charge is -2.50. The summed E-state index contributed by atoms with van der Waals surface area (Å²) in [7, 11) is 4.33. The predicted molar refractivity (Wildman–Crippen MR) is 128 cm³/mol. The fourth-order valence-corrected chi connectivity index (χ4v) is 5.78. The van der Waals surface area contributed by atoms with Gasteiger partial charge in [-0.25, -0.2) is 4.79 Å². The minimum atomic E-state index is -2.69. The summed E-state index contributed by atoms with van der Waals surface area (Å²) < 4.78 is 4.50. The number of primary amides is 1. The molecule has 1 amide bonds. The Morgan fingerprint density at radius 1 is 1.21 bits per heavy atom. The van der Waals surface area contributed by atoms with E-state index in [-0.39, 0.29) is 42.9 Å². The highest BCUT2D eigenvalue weighted by Gasteiger charge is 2.63. The number of carbonyl (C=O) groups excluding carboxylic acids is 4. The second-order valence-electron chi connectivity index (χ2n) is 9.75. The number of hydroxylamine groups is 1. The van der Waals surface area contributed by atoms with Crippen molar-refractivity contribution in [2.45, 2.75) is 31.0 Å². The van der Waals surface area contributed by atoms with E-state index in [9.17, 15) is 39.6 Å². The average Bonchev–Trinajstić information content (AvgIpc) is 2.84. The van der Waals surface area contributed by atoms with E-state index in [1.54, 1.807) is 20.2 Å². The number of phenolic OH excluding ortho intramolecular Hbond substituents is 1. The highest BCUT2D eigenvalue weighted by molar-refractivity contribution is 6.24. The van der Waals surface area contributed by atoms with Gasteiger partial charge < -0.3 is 30.9 Å². The molecule has 4 rings (SSSR count). The van der Waals surface area contributed by atoms with Crippen molar-refractivity contribution in [3.8, 4) is 5.75 Å². The van der Waals surface area contributed by atoms with E-state index < -0.39 is 64.0 Å². The van der Waals surface area contributed by atoms with E-state index in [4.69, 9.17) is 10.6 Å². The third kappa shape index (κ3) is 4.04. The molecule has 0 aliphatic heterocycles. The lowest BCUT2D eigenvalue weighted by atomic mass is 9.58. The molecule has 204 valence electrons. The van der Waals surface area contributed by atoms with Gasteiger partial charge in [-0.3, -0.25) is 24.1 Å². The zero-order chi connectivity index (χ0) is 28.1. The Labute approximate surface area is 217 Å². The highest BCUT2D eigenvalue weighted by Crippen LogP contribution is 2.52. The molecule has 0 saturated heterocycles. The van der Waals surface area contributed by atoms with E-state index in [1.807, 2.05) is 0 Å². The molecular weight excluding hydrogens is 502 g/mol. The zero-order valence-electron chi connectivity index (χ0n) is 21.0. The van der Waals surface area contributed by atoms with Gasteiger partial charge in [0.25, 0.3) is 5.91 Å². The molecule has 0 unspecified atom stereocenters. The average molecular weight is 532 g/mol. The van der Waals surface area contributed by atoms with Crippen LogP contribution < -0.4 is 11.2 Å².